The highest BCUT2D eigenvalue weighted by molar-refractivity contribution is 6.12. The summed E-state index contributed by atoms with van der Waals surface area (Å²) in [5.41, 5.74) is 9.35. The van der Waals surface area contributed by atoms with Crippen molar-refractivity contribution >= 4 is 22.5 Å². The first-order valence-electron chi connectivity index (χ1n) is 9.84. The second-order valence-electron chi connectivity index (χ2n) is 7.45. The van der Waals surface area contributed by atoms with Gasteiger partial charge in [0.2, 0.25) is 0 Å². The van der Waals surface area contributed by atoms with E-state index in [1.54, 1.807) is 6.07 Å². The van der Waals surface area contributed by atoms with Crippen molar-refractivity contribution in [2.45, 2.75) is 44.6 Å². The van der Waals surface area contributed by atoms with Crippen LogP contribution in [0, 0.1) is 5.82 Å². The summed E-state index contributed by atoms with van der Waals surface area (Å²) in [7, 11) is 0. The van der Waals surface area contributed by atoms with E-state index >= 15 is 0 Å². The highest BCUT2D eigenvalue weighted by Gasteiger charge is 2.21. The van der Waals surface area contributed by atoms with Crippen LogP contribution in [0.1, 0.15) is 59.6 Å². The lowest BCUT2D eigenvalue weighted by molar-refractivity contribution is 0.102. The molecule has 0 radical (unpaired) electrons. The van der Waals surface area contributed by atoms with E-state index in [0.29, 0.717) is 34.6 Å². The molecule has 1 heterocycles. The molecule has 2 aromatic carbocycles. The largest absolute Gasteiger partial charge is 0.326 e. The molecular weight excluding hydrogens is 353 g/mol. The van der Waals surface area contributed by atoms with Crippen LogP contribution in [0.25, 0.3) is 10.9 Å². The highest BCUT2D eigenvalue weighted by Crippen LogP contribution is 2.34. The van der Waals surface area contributed by atoms with Gasteiger partial charge in [0.15, 0.2) is 0 Å². The van der Waals surface area contributed by atoms with E-state index in [9.17, 15) is 9.18 Å². The SMILES string of the molecule is NCc1cccc(NC(=O)c2cc(C3CCCCC3)nc3ccc(F)cc23)c1. The second kappa shape index (κ2) is 8.07. The number of nitrogens with one attached hydrogen (secondary N) is 1. The Bertz CT molecular complexity index is 1010. The van der Waals surface area contributed by atoms with E-state index in [4.69, 9.17) is 10.7 Å². The van der Waals surface area contributed by atoms with Gasteiger partial charge < -0.3 is 11.1 Å². The lowest BCUT2D eigenvalue weighted by atomic mass is 9.86. The van der Waals surface area contributed by atoms with Crippen LogP contribution in [0.2, 0.25) is 0 Å². The van der Waals surface area contributed by atoms with Crippen LogP contribution < -0.4 is 11.1 Å². The van der Waals surface area contributed by atoms with Gasteiger partial charge in [-0.05, 0) is 54.8 Å². The summed E-state index contributed by atoms with van der Waals surface area (Å²) in [6.45, 7) is 0.402. The second-order valence-corrected chi connectivity index (χ2v) is 7.45. The molecule has 1 saturated carbocycles. The minimum absolute atomic E-state index is 0.260. The third kappa shape index (κ3) is 3.90. The third-order valence-electron chi connectivity index (χ3n) is 5.48. The Balaban J connectivity index is 1.74. The summed E-state index contributed by atoms with van der Waals surface area (Å²) >= 11 is 0. The molecule has 1 amide bonds. The summed E-state index contributed by atoms with van der Waals surface area (Å²) in [5.74, 6) is -0.279. The van der Waals surface area contributed by atoms with Gasteiger partial charge >= 0.3 is 0 Å². The standard InChI is InChI=1S/C23H24FN3O/c24-17-9-10-21-19(12-17)20(13-22(27-21)16-6-2-1-3-7-16)23(28)26-18-8-4-5-15(11-18)14-25/h4-5,8-13,16H,1-3,6-7,14,25H2,(H,26,28). The molecule has 1 fully saturated rings. The number of rotatable bonds is 4. The number of carbonyl (C=O) groups excluding carboxylic acids is 1. The number of nitrogens with two attached hydrogens (primary N) is 1. The van der Waals surface area contributed by atoms with Crippen LogP contribution in [0.3, 0.4) is 0 Å². The molecule has 0 aliphatic heterocycles. The molecule has 4 rings (SSSR count). The van der Waals surface area contributed by atoms with Crippen LogP contribution in [-0.4, -0.2) is 10.9 Å². The number of amides is 1. The van der Waals surface area contributed by atoms with Crippen molar-refractivity contribution in [3.8, 4) is 0 Å². The van der Waals surface area contributed by atoms with Gasteiger partial charge in [-0.1, -0.05) is 31.4 Å². The van der Waals surface area contributed by atoms with Gasteiger partial charge in [0, 0.05) is 29.2 Å². The first-order chi connectivity index (χ1) is 13.6. The molecule has 5 heteroatoms. The maximum absolute atomic E-state index is 13.9. The summed E-state index contributed by atoms with van der Waals surface area (Å²) in [6, 6.07) is 13.7. The summed E-state index contributed by atoms with van der Waals surface area (Å²) < 4.78 is 13.9. The number of halogens is 1. The van der Waals surface area contributed by atoms with E-state index < -0.39 is 0 Å². The predicted octanol–water partition coefficient (Wildman–Crippen LogP) is 5.13. The zero-order chi connectivity index (χ0) is 19.5. The maximum Gasteiger partial charge on any atom is 0.256 e. The topological polar surface area (TPSA) is 68.0 Å². The van der Waals surface area contributed by atoms with E-state index in [-0.39, 0.29) is 11.7 Å². The Hall–Kier alpha value is -2.79. The highest BCUT2D eigenvalue weighted by atomic mass is 19.1. The molecule has 0 bridgehead atoms. The van der Waals surface area contributed by atoms with Crippen molar-refractivity contribution in [3.63, 3.8) is 0 Å². The molecule has 0 atom stereocenters. The van der Waals surface area contributed by atoms with Crippen molar-refractivity contribution in [2.24, 2.45) is 5.73 Å². The van der Waals surface area contributed by atoms with Crippen LogP contribution in [-0.2, 0) is 6.54 Å². The lowest BCUT2D eigenvalue weighted by Crippen LogP contribution is -2.15. The number of hydrogen-bond acceptors (Lipinski definition) is 3. The number of carbonyl (C=O) groups is 1. The van der Waals surface area contributed by atoms with Crippen LogP contribution >= 0.6 is 0 Å². The molecule has 144 valence electrons. The summed E-state index contributed by atoms with van der Waals surface area (Å²) in [4.78, 5) is 17.8. The van der Waals surface area contributed by atoms with Crippen molar-refractivity contribution in [1.29, 1.82) is 0 Å². The van der Waals surface area contributed by atoms with Crippen molar-refractivity contribution < 1.29 is 9.18 Å². The minimum atomic E-state index is -0.376. The average Bonchev–Trinajstić information content (AvgIpc) is 2.73. The van der Waals surface area contributed by atoms with Gasteiger partial charge in [0.25, 0.3) is 5.91 Å². The Morgan fingerprint density at radius 2 is 1.93 bits per heavy atom. The molecular formula is C23H24FN3O. The van der Waals surface area contributed by atoms with Crippen LogP contribution in [0.5, 0.6) is 0 Å². The molecule has 0 saturated heterocycles. The van der Waals surface area contributed by atoms with Gasteiger partial charge in [0.1, 0.15) is 5.82 Å². The number of nitrogens with zero attached hydrogens (tertiary/aromatic N) is 1. The van der Waals surface area contributed by atoms with Crippen LogP contribution in [0.4, 0.5) is 10.1 Å². The van der Waals surface area contributed by atoms with Crippen LogP contribution in [0.15, 0.2) is 48.5 Å². The Labute approximate surface area is 164 Å². The van der Waals surface area contributed by atoms with Gasteiger partial charge in [-0.2, -0.15) is 0 Å². The Kier molecular flexibility index (Phi) is 5.35. The molecule has 3 aromatic rings. The maximum atomic E-state index is 13.9. The van der Waals surface area contributed by atoms with Gasteiger partial charge in [-0.3, -0.25) is 9.78 Å². The number of pyridine rings is 1. The normalized spacial score (nSPS) is 14.9. The molecule has 4 nitrogen and oxygen atoms in total. The van der Waals surface area contributed by atoms with E-state index in [1.165, 1.54) is 31.4 Å². The Morgan fingerprint density at radius 1 is 1.11 bits per heavy atom. The number of fused-ring (bicyclic) bond motifs is 1. The van der Waals surface area contributed by atoms with Crippen molar-refractivity contribution in [2.75, 3.05) is 5.32 Å². The zero-order valence-corrected chi connectivity index (χ0v) is 15.7. The lowest BCUT2D eigenvalue weighted by Gasteiger charge is -2.22. The van der Waals surface area contributed by atoms with E-state index in [2.05, 4.69) is 5.32 Å². The molecule has 1 aliphatic rings. The molecule has 1 aromatic heterocycles. The number of benzene rings is 2. The smallest absolute Gasteiger partial charge is 0.256 e. The fourth-order valence-electron chi connectivity index (χ4n) is 3.99. The molecule has 1 aliphatic carbocycles. The number of hydrogen-bond donors (Lipinski definition) is 2. The van der Waals surface area contributed by atoms with Gasteiger partial charge in [-0.25, -0.2) is 4.39 Å². The monoisotopic (exact) mass is 377 g/mol. The third-order valence-corrected chi connectivity index (χ3v) is 5.48. The quantitative estimate of drug-likeness (QED) is 0.662. The van der Waals surface area contributed by atoms with Crippen molar-refractivity contribution in [3.05, 3.63) is 71.2 Å². The van der Waals surface area contributed by atoms with Crippen molar-refractivity contribution in [1.82, 2.24) is 4.98 Å². The number of aromatic nitrogens is 1. The number of anilines is 1. The fraction of sp³-hybridized carbons (Fsp3) is 0.304. The first-order valence-corrected chi connectivity index (χ1v) is 9.84. The Morgan fingerprint density at radius 3 is 2.71 bits per heavy atom. The van der Waals surface area contributed by atoms with E-state index in [1.807, 2.05) is 30.3 Å². The van der Waals surface area contributed by atoms with Gasteiger partial charge in [0.05, 0.1) is 11.1 Å². The summed E-state index contributed by atoms with van der Waals surface area (Å²) in [6.07, 6.45) is 5.78. The minimum Gasteiger partial charge on any atom is -0.326 e. The first kappa shape index (κ1) is 18.6. The molecule has 28 heavy (non-hydrogen) atoms. The summed E-state index contributed by atoms with van der Waals surface area (Å²) in [5, 5.41) is 3.46. The molecule has 3 N–H and O–H groups in total. The van der Waals surface area contributed by atoms with Gasteiger partial charge in [-0.15, -0.1) is 0 Å². The van der Waals surface area contributed by atoms with E-state index in [0.717, 1.165) is 24.1 Å². The molecule has 0 spiro atoms. The predicted molar refractivity (Wildman–Crippen MR) is 110 cm³/mol. The zero-order valence-electron chi connectivity index (χ0n) is 15.7. The fourth-order valence-corrected chi connectivity index (χ4v) is 3.99. The average molecular weight is 377 g/mol. The molecule has 0 unspecified atom stereocenters.